The Morgan fingerprint density at radius 3 is 2.81 bits per heavy atom. The minimum Gasteiger partial charge on any atom is -0.394 e. The van der Waals surface area contributed by atoms with Crippen molar-refractivity contribution >= 4 is 11.5 Å². The minimum absolute atomic E-state index is 0.669. The summed E-state index contributed by atoms with van der Waals surface area (Å²) in [6.07, 6.45) is 6.36. The van der Waals surface area contributed by atoms with E-state index in [0.717, 1.165) is 24.6 Å². The number of hydrogen-bond donors (Lipinski definition) is 2. The number of nitrogens with two attached hydrogens (primary N) is 1. The molecule has 0 aromatic carbocycles. The maximum Gasteiger partial charge on any atom is 0.171 e. The van der Waals surface area contributed by atoms with Gasteiger partial charge < -0.3 is 15.6 Å². The number of nitrogens with zero attached hydrogens (tertiary/aromatic N) is 4. The lowest BCUT2D eigenvalue weighted by molar-refractivity contribution is 0.761. The maximum absolute atomic E-state index is 5.76. The summed E-state index contributed by atoms with van der Waals surface area (Å²) in [7, 11) is 3.83. The van der Waals surface area contributed by atoms with Crippen LogP contribution in [0.25, 0.3) is 0 Å². The Kier molecular flexibility index (Phi) is 2.80. The molecule has 2 heterocycles. The highest BCUT2D eigenvalue weighted by molar-refractivity contribution is 5.59. The van der Waals surface area contributed by atoms with E-state index in [9.17, 15) is 0 Å². The van der Waals surface area contributed by atoms with Gasteiger partial charge in [-0.1, -0.05) is 0 Å². The highest BCUT2D eigenvalue weighted by Crippen LogP contribution is 2.13. The summed E-state index contributed by atoms with van der Waals surface area (Å²) in [6.45, 7) is 0.770. The molecule has 2 aromatic heterocycles. The second kappa shape index (κ2) is 4.26. The third kappa shape index (κ3) is 2.16. The molecule has 86 valence electrons. The van der Waals surface area contributed by atoms with E-state index in [1.165, 1.54) is 0 Å². The summed E-state index contributed by atoms with van der Waals surface area (Å²) in [5.74, 6) is 1.78. The molecule has 6 nitrogen and oxygen atoms in total. The smallest absolute Gasteiger partial charge is 0.171 e. The fraction of sp³-hybridized carbons (Fsp3) is 0.400. The lowest BCUT2D eigenvalue weighted by Gasteiger charge is -2.04. The van der Waals surface area contributed by atoms with E-state index >= 15 is 0 Å². The number of nitrogens with one attached hydrogen (secondary N) is 1. The van der Waals surface area contributed by atoms with Crippen molar-refractivity contribution in [2.45, 2.75) is 6.42 Å². The first-order valence-corrected chi connectivity index (χ1v) is 5.16. The van der Waals surface area contributed by atoms with Gasteiger partial charge in [0.1, 0.15) is 5.82 Å². The van der Waals surface area contributed by atoms with E-state index in [2.05, 4.69) is 15.4 Å². The standard InChI is InChI=1S/C10H16N6/c1-15-6-5-12-9(15)3-4-13-10-8(11)7-16(2)14-10/h5-7H,3-4,11H2,1-2H3,(H,13,14). The fourth-order valence-electron chi connectivity index (χ4n) is 1.57. The van der Waals surface area contributed by atoms with E-state index in [1.54, 1.807) is 17.1 Å². The molecule has 0 radical (unpaired) electrons. The second-order valence-electron chi connectivity index (χ2n) is 3.74. The van der Waals surface area contributed by atoms with Crippen LogP contribution in [-0.2, 0) is 20.5 Å². The van der Waals surface area contributed by atoms with Gasteiger partial charge in [-0.05, 0) is 0 Å². The SMILES string of the molecule is Cn1cc(N)c(NCCc2nccn2C)n1. The van der Waals surface area contributed by atoms with Crippen molar-refractivity contribution in [3.63, 3.8) is 0 Å². The molecule has 0 atom stereocenters. The normalized spacial score (nSPS) is 10.6. The van der Waals surface area contributed by atoms with Gasteiger partial charge in [-0.25, -0.2) is 4.98 Å². The highest BCUT2D eigenvalue weighted by atomic mass is 15.3. The monoisotopic (exact) mass is 220 g/mol. The molecule has 2 aromatic rings. The molecule has 0 saturated heterocycles. The van der Waals surface area contributed by atoms with E-state index in [0.29, 0.717) is 5.69 Å². The Hall–Kier alpha value is -1.98. The predicted molar refractivity (Wildman–Crippen MR) is 63.0 cm³/mol. The largest absolute Gasteiger partial charge is 0.394 e. The van der Waals surface area contributed by atoms with Gasteiger partial charge in [-0.3, -0.25) is 4.68 Å². The van der Waals surface area contributed by atoms with Crippen LogP contribution >= 0.6 is 0 Å². The molecule has 6 heteroatoms. The van der Waals surface area contributed by atoms with Crippen LogP contribution in [0.4, 0.5) is 11.5 Å². The third-order valence-corrected chi connectivity index (χ3v) is 2.42. The lowest BCUT2D eigenvalue weighted by atomic mass is 10.4. The summed E-state index contributed by atoms with van der Waals surface area (Å²) < 4.78 is 3.70. The van der Waals surface area contributed by atoms with Crippen LogP contribution in [0.1, 0.15) is 5.82 Å². The summed E-state index contributed by atoms with van der Waals surface area (Å²) in [4.78, 5) is 4.24. The summed E-state index contributed by atoms with van der Waals surface area (Å²) in [5.41, 5.74) is 6.43. The van der Waals surface area contributed by atoms with E-state index in [-0.39, 0.29) is 0 Å². The number of hydrogen-bond acceptors (Lipinski definition) is 4. The zero-order valence-electron chi connectivity index (χ0n) is 9.51. The number of anilines is 2. The van der Waals surface area contributed by atoms with Gasteiger partial charge in [0.15, 0.2) is 5.82 Å². The van der Waals surface area contributed by atoms with Crippen LogP contribution in [0.5, 0.6) is 0 Å². The molecule has 0 aliphatic heterocycles. The first-order chi connectivity index (χ1) is 7.66. The van der Waals surface area contributed by atoms with Gasteiger partial charge in [0.2, 0.25) is 0 Å². The molecule has 0 fully saturated rings. The van der Waals surface area contributed by atoms with Gasteiger partial charge in [0.25, 0.3) is 0 Å². The van der Waals surface area contributed by atoms with Gasteiger partial charge in [0.05, 0.1) is 5.69 Å². The molecule has 0 aliphatic carbocycles. The molecule has 3 N–H and O–H groups in total. The third-order valence-electron chi connectivity index (χ3n) is 2.42. The Balaban J connectivity index is 1.89. The molecule has 0 bridgehead atoms. The zero-order valence-corrected chi connectivity index (χ0v) is 9.51. The van der Waals surface area contributed by atoms with Crippen molar-refractivity contribution in [1.82, 2.24) is 19.3 Å². The molecule has 16 heavy (non-hydrogen) atoms. The molecule has 2 rings (SSSR count). The summed E-state index contributed by atoms with van der Waals surface area (Å²) in [5, 5.41) is 7.39. The van der Waals surface area contributed by atoms with Crippen LogP contribution in [-0.4, -0.2) is 25.9 Å². The Bertz CT molecular complexity index is 469. The van der Waals surface area contributed by atoms with Crippen molar-refractivity contribution in [2.24, 2.45) is 14.1 Å². The van der Waals surface area contributed by atoms with Crippen LogP contribution in [0.2, 0.25) is 0 Å². The van der Waals surface area contributed by atoms with Crippen molar-refractivity contribution in [3.8, 4) is 0 Å². The predicted octanol–water partition coefficient (Wildman–Crippen LogP) is 0.390. The lowest BCUT2D eigenvalue weighted by Crippen LogP contribution is -2.10. The quantitative estimate of drug-likeness (QED) is 0.781. The van der Waals surface area contributed by atoms with Crippen LogP contribution in [0.15, 0.2) is 18.6 Å². The minimum atomic E-state index is 0.669. The molecular formula is C10H16N6. The number of aryl methyl sites for hydroxylation is 2. The second-order valence-corrected chi connectivity index (χ2v) is 3.74. The van der Waals surface area contributed by atoms with Gasteiger partial charge >= 0.3 is 0 Å². The summed E-state index contributed by atoms with van der Waals surface area (Å²) >= 11 is 0. The van der Waals surface area contributed by atoms with Crippen molar-refractivity contribution < 1.29 is 0 Å². The zero-order chi connectivity index (χ0) is 11.5. The van der Waals surface area contributed by atoms with Gasteiger partial charge in [-0.15, -0.1) is 0 Å². The van der Waals surface area contributed by atoms with Crippen molar-refractivity contribution in [2.75, 3.05) is 17.6 Å². The van der Waals surface area contributed by atoms with E-state index < -0.39 is 0 Å². The average molecular weight is 220 g/mol. The average Bonchev–Trinajstić information content (AvgIpc) is 2.75. The highest BCUT2D eigenvalue weighted by Gasteiger charge is 2.04. The van der Waals surface area contributed by atoms with Gasteiger partial charge in [-0.2, -0.15) is 5.10 Å². The number of nitrogen functional groups attached to an aromatic ring is 1. The molecule has 0 saturated carbocycles. The van der Waals surface area contributed by atoms with Crippen LogP contribution < -0.4 is 11.1 Å². The topological polar surface area (TPSA) is 73.7 Å². The van der Waals surface area contributed by atoms with E-state index in [4.69, 9.17) is 5.73 Å². The molecule has 0 spiro atoms. The first kappa shape index (κ1) is 10.5. The maximum atomic E-state index is 5.76. The molecule has 0 aliphatic rings. The summed E-state index contributed by atoms with van der Waals surface area (Å²) in [6, 6.07) is 0. The first-order valence-electron chi connectivity index (χ1n) is 5.16. The number of imidazole rings is 1. The van der Waals surface area contributed by atoms with Crippen LogP contribution in [0, 0.1) is 0 Å². The van der Waals surface area contributed by atoms with Crippen LogP contribution in [0.3, 0.4) is 0 Å². The van der Waals surface area contributed by atoms with E-state index in [1.807, 2.05) is 24.9 Å². The Labute approximate surface area is 94.1 Å². The van der Waals surface area contributed by atoms with Crippen molar-refractivity contribution in [1.29, 1.82) is 0 Å². The van der Waals surface area contributed by atoms with Gasteiger partial charge in [0, 0.05) is 45.7 Å². The number of rotatable bonds is 4. The number of aromatic nitrogens is 4. The molecule has 0 unspecified atom stereocenters. The van der Waals surface area contributed by atoms with Crippen molar-refractivity contribution in [3.05, 3.63) is 24.4 Å². The Morgan fingerprint density at radius 1 is 1.44 bits per heavy atom. The fourth-order valence-corrected chi connectivity index (χ4v) is 1.57. The molecule has 0 amide bonds. The molecular weight excluding hydrogens is 204 g/mol. The Morgan fingerprint density at radius 2 is 2.25 bits per heavy atom.